The Bertz CT molecular complexity index is 374. The highest BCUT2D eigenvalue weighted by Gasteiger charge is 2.14. The molecule has 0 heterocycles. The number of nitrogens with two attached hydrogens (primary N) is 1. The summed E-state index contributed by atoms with van der Waals surface area (Å²) in [7, 11) is 0. The number of carbonyl (C=O) groups is 1. The number of amides is 1. The smallest absolute Gasteiger partial charge is 0.236 e. The average molecular weight is 250 g/mol. The van der Waals surface area contributed by atoms with E-state index in [0.29, 0.717) is 13.2 Å². The zero-order valence-electron chi connectivity index (χ0n) is 11.3. The standard InChI is InChI=1S/C14H22N2O2/c1-11(2)16(14(17)10-15)8-9-18-13-6-4-12(3)5-7-13/h4-7,11H,8-10,15H2,1-3H3. The summed E-state index contributed by atoms with van der Waals surface area (Å²) in [6, 6.07) is 8.00. The van der Waals surface area contributed by atoms with Gasteiger partial charge < -0.3 is 15.4 Å². The first-order valence-electron chi connectivity index (χ1n) is 6.23. The van der Waals surface area contributed by atoms with E-state index in [4.69, 9.17) is 10.5 Å². The Morgan fingerprint density at radius 1 is 1.33 bits per heavy atom. The molecule has 1 aromatic rings. The van der Waals surface area contributed by atoms with Gasteiger partial charge in [0.15, 0.2) is 0 Å². The maximum atomic E-state index is 11.6. The molecule has 4 nitrogen and oxygen atoms in total. The summed E-state index contributed by atoms with van der Waals surface area (Å²) in [5.41, 5.74) is 6.58. The van der Waals surface area contributed by atoms with Gasteiger partial charge in [-0.25, -0.2) is 0 Å². The Labute approximate surface area is 109 Å². The van der Waals surface area contributed by atoms with Crippen molar-refractivity contribution >= 4 is 5.91 Å². The van der Waals surface area contributed by atoms with Gasteiger partial charge in [-0.15, -0.1) is 0 Å². The van der Waals surface area contributed by atoms with Crippen molar-refractivity contribution < 1.29 is 9.53 Å². The van der Waals surface area contributed by atoms with Crippen LogP contribution in [0.4, 0.5) is 0 Å². The molecular formula is C14H22N2O2. The van der Waals surface area contributed by atoms with E-state index in [-0.39, 0.29) is 18.5 Å². The molecule has 0 fully saturated rings. The molecule has 0 aliphatic rings. The highest BCUT2D eigenvalue weighted by atomic mass is 16.5. The van der Waals surface area contributed by atoms with Crippen molar-refractivity contribution in [2.45, 2.75) is 26.8 Å². The van der Waals surface area contributed by atoms with E-state index >= 15 is 0 Å². The van der Waals surface area contributed by atoms with Gasteiger partial charge in [-0.2, -0.15) is 0 Å². The third kappa shape index (κ3) is 4.37. The molecule has 0 atom stereocenters. The van der Waals surface area contributed by atoms with Crippen molar-refractivity contribution in [3.05, 3.63) is 29.8 Å². The summed E-state index contributed by atoms with van der Waals surface area (Å²) in [6.45, 7) is 7.06. The molecule has 0 spiro atoms. The number of ether oxygens (including phenoxy) is 1. The number of carbonyl (C=O) groups excluding carboxylic acids is 1. The highest BCUT2D eigenvalue weighted by Crippen LogP contribution is 2.11. The molecule has 0 unspecified atom stereocenters. The molecule has 0 saturated heterocycles. The van der Waals surface area contributed by atoms with Crippen LogP contribution in [0.5, 0.6) is 5.75 Å². The first-order valence-corrected chi connectivity index (χ1v) is 6.23. The van der Waals surface area contributed by atoms with Gasteiger partial charge >= 0.3 is 0 Å². The Morgan fingerprint density at radius 2 is 1.94 bits per heavy atom. The lowest BCUT2D eigenvalue weighted by Crippen LogP contribution is -2.43. The fourth-order valence-corrected chi connectivity index (χ4v) is 1.68. The molecular weight excluding hydrogens is 228 g/mol. The lowest BCUT2D eigenvalue weighted by Gasteiger charge is -2.26. The number of rotatable bonds is 6. The van der Waals surface area contributed by atoms with Gasteiger partial charge in [0.2, 0.25) is 5.91 Å². The van der Waals surface area contributed by atoms with E-state index in [9.17, 15) is 4.79 Å². The van der Waals surface area contributed by atoms with Crippen molar-refractivity contribution in [3.63, 3.8) is 0 Å². The second-order valence-electron chi connectivity index (χ2n) is 4.55. The van der Waals surface area contributed by atoms with E-state index in [1.807, 2.05) is 45.0 Å². The number of hydrogen-bond donors (Lipinski definition) is 1. The maximum absolute atomic E-state index is 11.6. The molecule has 1 rings (SSSR count). The predicted molar refractivity (Wildman–Crippen MR) is 72.6 cm³/mol. The highest BCUT2D eigenvalue weighted by molar-refractivity contribution is 5.78. The number of hydrogen-bond acceptors (Lipinski definition) is 3. The van der Waals surface area contributed by atoms with Gasteiger partial charge in [-0.3, -0.25) is 4.79 Å². The monoisotopic (exact) mass is 250 g/mol. The predicted octanol–water partition coefficient (Wildman–Crippen LogP) is 1.57. The van der Waals surface area contributed by atoms with E-state index in [1.165, 1.54) is 5.56 Å². The Balaban J connectivity index is 2.43. The molecule has 0 aromatic heterocycles. The molecule has 0 radical (unpaired) electrons. The topological polar surface area (TPSA) is 55.6 Å². The van der Waals surface area contributed by atoms with Crippen LogP contribution in [0, 0.1) is 6.92 Å². The minimum Gasteiger partial charge on any atom is -0.492 e. The van der Waals surface area contributed by atoms with E-state index in [2.05, 4.69) is 0 Å². The normalized spacial score (nSPS) is 10.5. The van der Waals surface area contributed by atoms with Gasteiger partial charge in [0.1, 0.15) is 12.4 Å². The summed E-state index contributed by atoms with van der Waals surface area (Å²) >= 11 is 0. The van der Waals surface area contributed by atoms with Gasteiger partial charge in [0, 0.05) is 6.04 Å². The van der Waals surface area contributed by atoms with Crippen molar-refractivity contribution in [2.75, 3.05) is 19.7 Å². The summed E-state index contributed by atoms with van der Waals surface area (Å²) in [4.78, 5) is 13.3. The first kappa shape index (κ1) is 14.5. The van der Waals surface area contributed by atoms with E-state index in [0.717, 1.165) is 5.75 Å². The van der Waals surface area contributed by atoms with Gasteiger partial charge in [-0.05, 0) is 32.9 Å². The van der Waals surface area contributed by atoms with Crippen LogP contribution in [0.3, 0.4) is 0 Å². The van der Waals surface area contributed by atoms with Crippen LogP contribution < -0.4 is 10.5 Å². The average Bonchev–Trinajstić information content (AvgIpc) is 2.35. The molecule has 0 aliphatic carbocycles. The fraction of sp³-hybridized carbons (Fsp3) is 0.500. The lowest BCUT2D eigenvalue weighted by atomic mass is 10.2. The van der Waals surface area contributed by atoms with Crippen LogP contribution >= 0.6 is 0 Å². The van der Waals surface area contributed by atoms with Crippen molar-refractivity contribution in [1.82, 2.24) is 4.90 Å². The van der Waals surface area contributed by atoms with Crippen LogP contribution in [0.1, 0.15) is 19.4 Å². The molecule has 1 amide bonds. The second kappa shape index (κ2) is 7.01. The zero-order chi connectivity index (χ0) is 13.5. The van der Waals surface area contributed by atoms with Crippen molar-refractivity contribution in [2.24, 2.45) is 5.73 Å². The quantitative estimate of drug-likeness (QED) is 0.833. The van der Waals surface area contributed by atoms with Gasteiger partial charge in [-0.1, -0.05) is 17.7 Å². The fourth-order valence-electron chi connectivity index (χ4n) is 1.68. The van der Waals surface area contributed by atoms with E-state index in [1.54, 1.807) is 4.90 Å². The second-order valence-corrected chi connectivity index (χ2v) is 4.55. The molecule has 0 saturated carbocycles. The third-order valence-corrected chi connectivity index (χ3v) is 2.74. The van der Waals surface area contributed by atoms with Crippen LogP contribution in [-0.4, -0.2) is 36.5 Å². The molecule has 18 heavy (non-hydrogen) atoms. The molecule has 2 N–H and O–H groups in total. The summed E-state index contributed by atoms with van der Waals surface area (Å²) in [5, 5.41) is 0. The number of nitrogens with zero attached hydrogens (tertiary/aromatic N) is 1. The maximum Gasteiger partial charge on any atom is 0.236 e. The minimum atomic E-state index is -0.0440. The van der Waals surface area contributed by atoms with Crippen LogP contribution in [-0.2, 0) is 4.79 Å². The van der Waals surface area contributed by atoms with Gasteiger partial charge in [0.25, 0.3) is 0 Å². The third-order valence-electron chi connectivity index (χ3n) is 2.74. The Kier molecular flexibility index (Phi) is 5.65. The van der Waals surface area contributed by atoms with E-state index < -0.39 is 0 Å². The van der Waals surface area contributed by atoms with Crippen LogP contribution in [0.15, 0.2) is 24.3 Å². The Morgan fingerprint density at radius 3 is 2.44 bits per heavy atom. The van der Waals surface area contributed by atoms with Crippen LogP contribution in [0.25, 0.3) is 0 Å². The molecule has 100 valence electrons. The Hall–Kier alpha value is -1.55. The van der Waals surface area contributed by atoms with Crippen molar-refractivity contribution in [3.8, 4) is 5.75 Å². The number of aryl methyl sites for hydroxylation is 1. The zero-order valence-corrected chi connectivity index (χ0v) is 11.3. The minimum absolute atomic E-state index is 0.0440. The van der Waals surface area contributed by atoms with Crippen molar-refractivity contribution in [1.29, 1.82) is 0 Å². The molecule has 1 aromatic carbocycles. The number of benzene rings is 1. The van der Waals surface area contributed by atoms with Crippen LogP contribution in [0.2, 0.25) is 0 Å². The molecule has 0 aliphatic heterocycles. The summed E-state index contributed by atoms with van der Waals surface area (Å²) in [5.74, 6) is 0.780. The van der Waals surface area contributed by atoms with Gasteiger partial charge in [0.05, 0.1) is 13.1 Å². The lowest BCUT2D eigenvalue weighted by molar-refractivity contribution is -0.131. The largest absolute Gasteiger partial charge is 0.492 e. The summed E-state index contributed by atoms with van der Waals surface area (Å²) < 4.78 is 5.60. The molecule has 4 heteroatoms. The SMILES string of the molecule is Cc1ccc(OCCN(C(=O)CN)C(C)C)cc1. The summed E-state index contributed by atoms with van der Waals surface area (Å²) in [6.07, 6.45) is 0. The first-order chi connectivity index (χ1) is 8.54. The molecule has 0 bridgehead atoms.